The Kier molecular flexibility index (Phi) is 4.92. The Morgan fingerprint density at radius 2 is 1.95 bits per heavy atom. The third-order valence-corrected chi connectivity index (χ3v) is 5.37. The zero-order chi connectivity index (χ0) is 14.7. The second kappa shape index (κ2) is 5.88. The molecule has 0 saturated heterocycles. The summed E-state index contributed by atoms with van der Waals surface area (Å²) >= 11 is 0. The van der Waals surface area contributed by atoms with E-state index in [1.54, 1.807) is 26.8 Å². The molecule has 0 aliphatic heterocycles. The van der Waals surface area contributed by atoms with E-state index >= 15 is 0 Å². The Bertz CT molecular complexity index is 535. The number of halogens is 1. The third-order valence-electron chi connectivity index (χ3n) is 2.80. The van der Waals surface area contributed by atoms with Crippen LogP contribution in [0.25, 0.3) is 0 Å². The second-order valence-electron chi connectivity index (χ2n) is 5.24. The van der Waals surface area contributed by atoms with E-state index in [-0.39, 0.29) is 18.9 Å². The highest BCUT2D eigenvalue weighted by molar-refractivity contribution is 7.92. The number of ether oxygens (including phenoxy) is 1. The van der Waals surface area contributed by atoms with Crippen LogP contribution in [-0.2, 0) is 16.4 Å². The molecule has 0 unspecified atom stereocenters. The normalized spacial score (nSPS) is 12.5. The first-order valence-electron chi connectivity index (χ1n) is 6.01. The van der Waals surface area contributed by atoms with Crippen molar-refractivity contribution in [3.05, 3.63) is 29.6 Å². The van der Waals surface area contributed by atoms with Gasteiger partial charge in [-0.25, -0.2) is 12.8 Å². The van der Waals surface area contributed by atoms with E-state index in [2.05, 4.69) is 0 Å². The summed E-state index contributed by atoms with van der Waals surface area (Å²) in [6.45, 7) is 5.03. The summed E-state index contributed by atoms with van der Waals surface area (Å²) in [5.74, 6) is -0.242. The van der Waals surface area contributed by atoms with E-state index in [0.29, 0.717) is 11.3 Å². The molecular formula is C13H20FNO3S. The van der Waals surface area contributed by atoms with Gasteiger partial charge in [0.05, 0.1) is 10.5 Å². The number of hydrogen-bond acceptors (Lipinski definition) is 4. The zero-order valence-corrected chi connectivity index (χ0v) is 12.3. The Morgan fingerprint density at radius 3 is 2.42 bits per heavy atom. The number of rotatable bonds is 5. The first-order chi connectivity index (χ1) is 8.67. The molecule has 1 aromatic rings. The number of benzene rings is 1. The van der Waals surface area contributed by atoms with Gasteiger partial charge in [-0.3, -0.25) is 0 Å². The molecule has 0 aliphatic carbocycles. The lowest BCUT2D eigenvalue weighted by Crippen LogP contribution is -2.32. The average Bonchev–Trinajstić information content (AvgIpc) is 2.27. The highest BCUT2D eigenvalue weighted by Crippen LogP contribution is 2.18. The quantitative estimate of drug-likeness (QED) is 0.898. The van der Waals surface area contributed by atoms with Gasteiger partial charge in [0.25, 0.3) is 0 Å². The van der Waals surface area contributed by atoms with Crippen LogP contribution in [0.2, 0.25) is 0 Å². The van der Waals surface area contributed by atoms with E-state index in [0.717, 1.165) is 0 Å². The fourth-order valence-corrected chi connectivity index (χ4v) is 2.27. The molecular weight excluding hydrogens is 269 g/mol. The molecule has 19 heavy (non-hydrogen) atoms. The maximum atomic E-state index is 13.4. The molecule has 0 spiro atoms. The molecule has 1 aromatic carbocycles. The summed E-state index contributed by atoms with van der Waals surface area (Å²) in [7, 11) is -3.23. The molecule has 2 N–H and O–H groups in total. The minimum atomic E-state index is -3.23. The minimum absolute atomic E-state index is 0.00101. The molecule has 6 heteroatoms. The van der Waals surface area contributed by atoms with E-state index in [1.807, 2.05) is 0 Å². The molecule has 0 radical (unpaired) electrons. The van der Waals surface area contributed by atoms with Gasteiger partial charge in [-0.05, 0) is 26.8 Å². The van der Waals surface area contributed by atoms with Gasteiger partial charge in [-0.2, -0.15) is 0 Å². The fourth-order valence-electron chi connectivity index (χ4n) is 1.36. The maximum Gasteiger partial charge on any atom is 0.158 e. The van der Waals surface area contributed by atoms with Crippen molar-refractivity contribution in [2.75, 3.05) is 12.4 Å². The smallest absolute Gasteiger partial charge is 0.158 e. The molecule has 0 fully saturated rings. The lowest BCUT2D eigenvalue weighted by Gasteiger charge is -2.19. The predicted molar refractivity (Wildman–Crippen MR) is 73.3 cm³/mol. The lowest BCUT2D eigenvalue weighted by atomic mass is 10.2. The van der Waals surface area contributed by atoms with Crippen molar-refractivity contribution in [1.29, 1.82) is 0 Å². The van der Waals surface area contributed by atoms with E-state index in [4.69, 9.17) is 10.5 Å². The van der Waals surface area contributed by atoms with Crippen LogP contribution in [0.1, 0.15) is 26.3 Å². The van der Waals surface area contributed by atoms with Crippen molar-refractivity contribution in [1.82, 2.24) is 0 Å². The molecule has 0 amide bonds. The van der Waals surface area contributed by atoms with Gasteiger partial charge in [0.2, 0.25) is 0 Å². The molecule has 4 nitrogen and oxygen atoms in total. The van der Waals surface area contributed by atoms with Crippen LogP contribution >= 0.6 is 0 Å². The lowest BCUT2D eigenvalue weighted by molar-refractivity contribution is 0.337. The topological polar surface area (TPSA) is 69.4 Å². The van der Waals surface area contributed by atoms with Crippen molar-refractivity contribution in [2.45, 2.75) is 32.1 Å². The average molecular weight is 289 g/mol. The molecule has 0 heterocycles. The molecule has 0 atom stereocenters. The molecule has 0 aliphatic rings. The van der Waals surface area contributed by atoms with Gasteiger partial charge < -0.3 is 10.5 Å². The number of hydrogen-bond donors (Lipinski definition) is 1. The van der Waals surface area contributed by atoms with Crippen LogP contribution in [0.5, 0.6) is 5.75 Å². The van der Waals surface area contributed by atoms with Crippen LogP contribution in [0, 0.1) is 5.82 Å². The summed E-state index contributed by atoms with van der Waals surface area (Å²) in [5.41, 5.74) is 5.74. The monoisotopic (exact) mass is 289 g/mol. The SMILES string of the molecule is CC(C)(C)S(=O)(=O)CCOc1ccc(CN)c(F)c1. The standard InChI is InChI=1S/C13H20FNO3S/c1-13(2,3)19(16,17)7-6-18-11-5-4-10(9-15)12(14)8-11/h4-5,8H,6-7,9,15H2,1-3H3. The molecule has 108 valence electrons. The fraction of sp³-hybridized carbons (Fsp3) is 0.538. The highest BCUT2D eigenvalue weighted by Gasteiger charge is 2.28. The Hall–Kier alpha value is -1.14. The summed E-state index contributed by atoms with van der Waals surface area (Å²) in [6, 6.07) is 4.32. The molecule has 0 saturated carbocycles. The summed E-state index contributed by atoms with van der Waals surface area (Å²) < 4.78 is 41.5. The maximum absolute atomic E-state index is 13.4. The van der Waals surface area contributed by atoms with E-state index < -0.39 is 20.4 Å². The second-order valence-corrected chi connectivity index (χ2v) is 8.10. The Morgan fingerprint density at radius 1 is 1.32 bits per heavy atom. The van der Waals surface area contributed by atoms with Crippen molar-refractivity contribution < 1.29 is 17.5 Å². The van der Waals surface area contributed by atoms with Crippen LogP contribution in [0.4, 0.5) is 4.39 Å². The number of nitrogens with two attached hydrogens (primary N) is 1. The summed E-state index contributed by atoms with van der Waals surface area (Å²) in [4.78, 5) is 0. The van der Waals surface area contributed by atoms with Crippen molar-refractivity contribution in [3.8, 4) is 5.75 Å². The minimum Gasteiger partial charge on any atom is -0.492 e. The van der Waals surface area contributed by atoms with Gasteiger partial charge in [0, 0.05) is 18.2 Å². The predicted octanol–water partition coefficient (Wildman–Crippen LogP) is 1.88. The summed E-state index contributed by atoms with van der Waals surface area (Å²) in [5, 5.41) is 0. The molecule has 1 rings (SSSR count). The van der Waals surface area contributed by atoms with Crippen molar-refractivity contribution >= 4 is 9.84 Å². The van der Waals surface area contributed by atoms with Crippen molar-refractivity contribution in [2.24, 2.45) is 5.73 Å². The van der Waals surface area contributed by atoms with Gasteiger partial charge in [-0.15, -0.1) is 0 Å². The molecule has 0 aromatic heterocycles. The third kappa shape index (κ3) is 4.18. The molecule has 0 bridgehead atoms. The first-order valence-corrected chi connectivity index (χ1v) is 7.66. The highest BCUT2D eigenvalue weighted by atomic mass is 32.2. The van der Waals surface area contributed by atoms with Gasteiger partial charge in [0.1, 0.15) is 18.2 Å². The largest absolute Gasteiger partial charge is 0.492 e. The van der Waals surface area contributed by atoms with E-state index in [9.17, 15) is 12.8 Å². The van der Waals surface area contributed by atoms with Crippen LogP contribution in [0.15, 0.2) is 18.2 Å². The first kappa shape index (κ1) is 15.9. The van der Waals surface area contributed by atoms with Gasteiger partial charge in [0.15, 0.2) is 9.84 Å². The van der Waals surface area contributed by atoms with Gasteiger partial charge in [-0.1, -0.05) is 6.07 Å². The van der Waals surface area contributed by atoms with Crippen LogP contribution < -0.4 is 10.5 Å². The summed E-state index contributed by atoms with van der Waals surface area (Å²) in [6.07, 6.45) is 0. The Labute approximate surface area is 113 Å². The van der Waals surface area contributed by atoms with Gasteiger partial charge >= 0.3 is 0 Å². The number of sulfone groups is 1. The van der Waals surface area contributed by atoms with Crippen LogP contribution in [0.3, 0.4) is 0 Å². The Balaban J connectivity index is 2.62. The van der Waals surface area contributed by atoms with Crippen LogP contribution in [-0.4, -0.2) is 25.5 Å². The van der Waals surface area contributed by atoms with E-state index in [1.165, 1.54) is 12.1 Å². The zero-order valence-electron chi connectivity index (χ0n) is 11.4. The van der Waals surface area contributed by atoms with Crippen molar-refractivity contribution in [3.63, 3.8) is 0 Å².